The van der Waals surface area contributed by atoms with Gasteiger partial charge in [-0.25, -0.2) is 9.98 Å². The van der Waals surface area contributed by atoms with Gasteiger partial charge in [0.25, 0.3) is 0 Å². The van der Waals surface area contributed by atoms with E-state index in [1.807, 2.05) is 19.2 Å². The van der Waals surface area contributed by atoms with Crippen molar-refractivity contribution in [3.63, 3.8) is 0 Å². The van der Waals surface area contributed by atoms with Crippen LogP contribution in [-0.2, 0) is 13.1 Å². The number of guanidine groups is 1. The van der Waals surface area contributed by atoms with Gasteiger partial charge in [0.15, 0.2) is 5.96 Å². The molecule has 1 aromatic carbocycles. The quantitative estimate of drug-likeness (QED) is 0.528. The van der Waals surface area contributed by atoms with Gasteiger partial charge < -0.3 is 20.3 Å². The van der Waals surface area contributed by atoms with Crippen LogP contribution in [0.1, 0.15) is 43.4 Å². The minimum atomic E-state index is 0.616. The molecule has 0 amide bonds. The Labute approximate surface area is 174 Å². The lowest BCUT2D eigenvalue weighted by Crippen LogP contribution is -2.36. The number of hydrogen-bond acceptors (Lipinski definition) is 4. The maximum Gasteiger partial charge on any atom is 0.191 e. The van der Waals surface area contributed by atoms with Gasteiger partial charge in [-0.3, -0.25) is 0 Å². The number of nitrogens with one attached hydrogen (secondary N) is 2. The second kappa shape index (κ2) is 10.7. The van der Waals surface area contributed by atoms with Crippen molar-refractivity contribution in [1.82, 2.24) is 15.6 Å². The first-order valence-electron chi connectivity index (χ1n) is 10.6. The molecule has 0 radical (unpaired) electrons. The predicted molar refractivity (Wildman–Crippen MR) is 120 cm³/mol. The molecule has 1 aromatic heterocycles. The van der Waals surface area contributed by atoms with Crippen molar-refractivity contribution in [2.45, 2.75) is 46.7 Å². The summed E-state index contributed by atoms with van der Waals surface area (Å²) in [4.78, 5) is 11.6. The number of ether oxygens (including phenoxy) is 1. The molecule has 6 heteroatoms. The molecule has 29 heavy (non-hydrogen) atoms. The Morgan fingerprint density at radius 3 is 2.72 bits per heavy atom. The predicted octanol–water partition coefficient (Wildman–Crippen LogP) is 3.64. The Kier molecular flexibility index (Phi) is 7.73. The standard InChI is InChI=1S/C23H33N5O/c1-4-24-23(27-17-20-9-8-18(3)14-21(20)29-5-2)26-16-19-10-11-25-22(15-19)28-12-6-7-13-28/h8-11,14-15H,4-7,12-13,16-17H2,1-3H3,(H2,24,26,27). The third-order valence-electron chi connectivity index (χ3n) is 4.97. The van der Waals surface area contributed by atoms with E-state index in [1.165, 1.54) is 24.0 Å². The summed E-state index contributed by atoms with van der Waals surface area (Å²) in [7, 11) is 0. The van der Waals surface area contributed by atoms with Crippen molar-refractivity contribution in [3.8, 4) is 5.75 Å². The van der Waals surface area contributed by atoms with Crippen LogP contribution in [0.4, 0.5) is 5.82 Å². The molecule has 0 aliphatic carbocycles. The lowest BCUT2D eigenvalue weighted by molar-refractivity contribution is 0.336. The summed E-state index contributed by atoms with van der Waals surface area (Å²) in [5, 5.41) is 6.76. The molecule has 0 atom stereocenters. The number of rotatable bonds is 8. The van der Waals surface area contributed by atoms with Crippen molar-refractivity contribution >= 4 is 11.8 Å². The number of aryl methyl sites for hydroxylation is 1. The number of benzene rings is 1. The molecule has 0 saturated carbocycles. The molecule has 2 aromatic rings. The minimum Gasteiger partial charge on any atom is -0.494 e. The maximum atomic E-state index is 5.79. The van der Waals surface area contributed by atoms with Crippen LogP contribution in [0.2, 0.25) is 0 Å². The van der Waals surface area contributed by atoms with Crippen LogP contribution in [0.15, 0.2) is 41.5 Å². The Balaban J connectivity index is 1.65. The first-order chi connectivity index (χ1) is 14.2. The van der Waals surface area contributed by atoms with Gasteiger partial charge in [-0.15, -0.1) is 0 Å². The summed E-state index contributed by atoms with van der Waals surface area (Å²) in [5.74, 6) is 2.80. The zero-order valence-corrected chi connectivity index (χ0v) is 17.9. The van der Waals surface area contributed by atoms with Gasteiger partial charge in [-0.2, -0.15) is 0 Å². The van der Waals surface area contributed by atoms with Crippen molar-refractivity contribution in [3.05, 3.63) is 53.2 Å². The van der Waals surface area contributed by atoms with E-state index in [4.69, 9.17) is 9.73 Å². The molecular weight excluding hydrogens is 362 g/mol. The molecule has 0 spiro atoms. The van der Waals surface area contributed by atoms with Crippen LogP contribution >= 0.6 is 0 Å². The number of aromatic nitrogens is 1. The first kappa shape index (κ1) is 21.0. The smallest absolute Gasteiger partial charge is 0.191 e. The molecule has 6 nitrogen and oxygen atoms in total. The topological polar surface area (TPSA) is 61.8 Å². The van der Waals surface area contributed by atoms with Crippen molar-refractivity contribution in [2.24, 2.45) is 4.99 Å². The van der Waals surface area contributed by atoms with E-state index < -0.39 is 0 Å². The summed E-state index contributed by atoms with van der Waals surface area (Å²) in [6, 6.07) is 10.5. The van der Waals surface area contributed by atoms with Gasteiger partial charge in [0, 0.05) is 37.9 Å². The van der Waals surface area contributed by atoms with Gasteiger partial charge in [0.05, 0.1) is 13.2 Å². The number of hydrogen-bond donors (Lipinski definition) is 2. The summed E-state index contributed by atoms with van der Waals surface area (Å²) < 4.78 is 5.79. The van der Waals surface area contributed by atoms with E-state index in [1.54, 1.807) is 0 Å². The van der Waals surface area contributed by atoms with Crippen molar-refractivity contribution < 1.29 is 4.74 Å². The fraction of sp³-hybridized carbons (Fsp3) is 0.478. The largest absolute Gasteiger partial charge is 0.494 e. The average Bonchev–Trinajstić information content (AvgIpc) is 3.27. The highest BCUT2D eigenvalue weighted by molar-refractivity contribution is 5.79. The lowest BCUT2D eigenvalue weighted by Gasteiger charge is -2.17. The Hall–Kier alpha value is -2.76. The monoisotopic (exact) mass is 395 g/mol. The van der Waals surface area contributed by atoms with E-state index in [-0.39, 0.29) is 0 Å². The fourth-order valence-corrected chi connectivity index (χ4v) is 3.47. The highest BCUT2D eigenvalue weighted by atomic mass is 16.5. The van der Waals surface area contributed by atoms with Crippen molar-refractivity contribution in [2.75, 3.05) is 31.1 Å². The number of pyridine rings is 1. The van der Waals surface area contributed by atoms with Gasteiger partial charge >= 0.3 is 0 Å². The number of aliphatic imine (C=N–C) groups is 1. The van der Waals surface area contributed by atoms with E-state index >= 15 is 0 Å². The third-order valence-corrected chi connectivity index (χ3v) is 4.97. The van der Waals surface area contributed by atoms with Crippen molar-refractivity contribution in [1.29, 1.82) is 0 Å². The fourth-order valence-electron chi connectivity index (χ4n) is 3.47. The maximum absolute atomic E-state index is 5.79. The van der Waals surface area contributed by atoms with E-state index in [9.17, 15) is 0 Å². The highest BCUT2D eigenvalue weighted by Gasteiger charge is 2.13. The molecule has 0 unspecified atom stereocenters. The zero-order chi connectivity index (χ0) is 20.5. The van der Waals surface area contributed by atoms with Crippen LogP contribution in [0.5, 0.6) is 5.75 Å². The first-order valence-corrected chi connectivity index (χ1v) is 10.6. The Morgan fingerprint density at radius 1 is 1.14 bits per heavy atom. The molecule has 1 aliphatic heterocycles. The second-order valence-corrected chi connectivity index (χ2v) is 7.31. The molecule has 2 N–H and O–H groups in total. The van der Waals surface area contributed by atoms with Gasteiger partial charge in [-0.05, 0) is 62.9 Å². The van der Waals surface area contributed by atoms with E-state index in [0.717, 1.165) is 42.7 Å². The summed E-state index contributed by atoms with van der Waals surface area (Å²) in [5.41, 5.74) is 3.50. The summed E-state index contributed by atoms with van der Waals surface area (Å²) in [6.45, 7) is 11.1. The van der Waals surface area contributed by atoms with Crippen LogP contribution in [0.3, 0.4) is 0 Å². The molecule has 1 saturated heterocycles. The summed E-state index contributed by atoms with van der Waals surface area (Å²) >= 11 is 0. The highest BCUT2D eigenvalue weighted by Crippen LogP contribution is 2.21. The third kappa shape index (κ3) is 6.11. The Bertz CT molecular complexity index is 815. The molecule has 0 bridgehead atoms. The number of anilines is 1. The van der Waals surface area contributed by atoms with E-state index in [0.29, 0.717) is 19.7 Å². The molecule has 1 aliphatic rings. The van der Waals surface area contributed by atoms with Crippen LogP contribution < -0.4 is 20.3 Å². The van der Waals surface area contributed by atoms with Crippen LogP contribution in [-0.4, -0.2) is 37.2 Å². The number of nitrogens with zero attached hydrogens (tertiary/aromatic N) is 3. The lowest BCUT2D eigenvalue weighted by atomic mass is 10.1. The molecular formula is C23H33N5O. The summed E-state index contributed by atoms with van der Waals surface area (Å²) in [6.07, 6.45) is 4.39. The average molecular weight is 396 g/mol. The molecule has 2 heterocycles. The van der Waals surface area contributed by atoms with Gasteiger partial charge in [0.1, 0.15) is 11.6 Å². The molecule has 1 fully saturated rings. The van der Waals surface area contributed by atoms with Crippen LogP contribution in [0, 0.1) is 6.92 Å². The molecule has 156 valence electrons. The normalized spacial score (nSPS) is 14.2. The minimum absolute atomic E-state index is 0.616. The van der Waals surface area contributed by atoms with Gasteiger partial charge in [-0.1, -0.05) is 12.1 Å². The Morgan fingerprint density at radius 2 is 1.97 bits per heavy atom. The van der Waals surface area contributed by atoms with Crippen LogP contribution in [0.25, 0.3) is 0 Å². The SMILES string of the molecule is CCNC(=NCc1ccnc(N2CCCC2)c1)NCc1ccc(C)cc1OCC. The second-order valence-electron chi connectivity index (χ2n) is 7.31. The van der Waals surface area contributed by atoms with Gasteiger partial charge in [0.2, 0.25) is 0 Å². The molecule has 3 rings (SSSR count). The van der Waals surface area contributed by atoms with E-state index in [2.05, 4.69) is 58.6 Å². The zero-order valence-electron chi connectivity index (χ0n) is 17.9.